The maximum Gasteiger partial charge on any atom is 0.260 e. The van der Waals surface area contributed by atoms with E-state index in [4.69, 9.17) is 20.9 Å². The molecule has 6 nitrogen and oxygen atoms in total. The van der Waals surface area contributed by atoms with Crippen LogP contribution in [0.4, 0.5) is 0 Å². The molecule has 2 aromatic carbocycles. The number of ether oxygens (including phenoxy) is 1. The molecule has 0 saturated carbocycles. The average molecular weight is 437 g/mol. The molecule has 0 unspecified atom stereocenters. The van der Waals surface area contributed by atoms with Gasteiger partial charge in [-0.3, -0.25) is 4.79 Å². The van der Waals surface area contributed by atoms with E-state index in [0.29, 0.717) is 27.0 Å². The SMILES string of the molecule is CN(Cc1nc(-c2ccccc2)no1)C(=O)COc1ccc(Cl)cc1Br. The average Bonchev–Trinajstić information content (AvgIpc) is 3.10. The van der Waals surface area contributed by atoms with Crippen LogP contribution in [0.25, 0.3) is 11.4 Å². The van der Waals surface area contributed by atoms with Gasteiger partial charge in [0.1, 0.15) is 5.75 Å². The van der Waals surface area contributed by atoms with E-state index in [1.807, 2.05) is 30.3 Å². The highest BCUT2D eigenvalue weighted by Crippen LogP contribution is 2.28. The molecule has 1 aromatic heterocycles. The summed E-state index contributed by atoms with van der Waals surface area (Å²) in [6.07, 6.45) is 0. The Morgan fingerprint density at radius 2 is 2.04 bits per heavy atom. The van der Waals surface area contributed by atoms with Crippen molar-refractivity contribution in [1.29, 1.82) is 0 Å². The third kappa shape index (κ3) is 4.62. The zero-order valence-electron chi connectivity index (χ0n) is 13.9. The summed E-state index contributed by atoms with van der Waals surface area (Å²) in [5.74, 6) is 1.17. The number of carbonyl (C=O) groups is 1. The number of amides is 1. The molecule has 134 valence electrons. The summed E-state index contributed by atoms with van der Waals surface area (Å²) in [7, 11) is 1.65. The largest absolute Gasteiger partial charge is 0.483 e. The van der Waals surface area contributed by atoms with Crippen LogP contribution < -0.4 is 4.74 Å². The van der Waals surface area contributed by atoms with Crippen LogP contribution in [0, 0.1) is 0 Å². The number of halogens is 2. The Hall–Kier alpha value is -2.38. The van der Waals surface area contributed by atoms with Crippen LogP contribution in [-0.2, 0) is 11.3 Å². The van der Waals surface area contributed by atoms with Gasteiger partial charge in [-0.2, -0.15) is 4.98 Å². The Morgan fingerprint density at radius 1 is 1.27 bits per heavy atom. The number of carbonyl (C=O) groups excluding carboxylic acids is 1. The van der Waals surface area contributed by atoms with Gasteiger partial charge < -0.3 is 14.2 Å². The second kappa shape index (κ2) is 8.33. The second-order valence-corrected chi connectivity index (χ2v) is 6.78. The fourth-order valence-corrected chi connectivity index (χ4v) is 2.95. The maximum atomic E-state index is 12.2. The smallest absolute Gasteiger partial charge is 0.260 e. The zero-order chi connectivity index (χ0) is 18.5. The quantitative estimate of drug-likeness (QED) is 0.579. The van der Waals surface area contributed by atoms with Crippen LogP contribution in [0.15, 0.2) is 57.5 Å². The molecule has 0 aliphatic rings. The van der Waals surface area contributed by atoms with E-state index >= 15 is 0 Å². The van der Waals surface area contributed by atoms with Crippen LogP contribution in [0.5, 0.6) is 5.75 Å². The molecule has 0 spiro atoms. The van der Waals surface area contributed by atoms with Gasteiger partial charge in [0.15, 0.2) is 6.61 Å². The van der Waals surface area contributed by atoms with Crippen LogP contribution in [0.3, 0.4) is 0 Å². The Bertz CT molecular complexity index is 902. The van der Waals surface area contributed by atoms with E-state index in [9.17, 15) is 4.79 Å². The molecule has 0 radical (unpaired) electrons. The number of rotatable bonds is 6. The Kier molecular flexibility index (Phi) is 5.90. The van der Waals surface area contributed by atoms with Gasteiger partial charge in [0.05, 0.1) is 11.0 Å². The van der Waals surface area contributed by atoms with E-state index in [1.54, 1.807) is 25.2 Å². The molecule has 0 aliphatic heterocycles. The topological polar surface area (TPSA) is 68.5 Å². The predicted molar refractivity (Wildman–Crippen MR) is 101 cm³/mol. The third-order valence-corrected chi connectivity index (χ3v) is 4.40. The fourth-order valence-electron chi connectivity index (χ4n) is 2.16. The van der Waals surface area contributed by atoms with Crippen molar-refractivity contribution in [2.24, 2.45) is 0 Å². The highest BCUT2D eigenvalue weighted by atomic mass is 79.9. The summed E-state index contributed by atoms with van der Waals surface area (Å²) < 4.78 is 11.4. The minimum absolute atomic E-state index is 0.115. The number of hydrogen-bond donors (Lipinski definition) is 0. The van der Waals surface area contributed by atoms with E-state index < -0.39 is 0 Å². The first-order valence-electron chi connectivity index (χ1n) is 7.73. The van der Waals surface area contributed by atoms with Crippen molar-refractivity contribution in [3.8, 4) is 17.1 Å². The van der Waals surface area contributed by atoms with Crippen LogP contribution in [0.1, 0.15) is 5.89 Å². The fraction of sp³-hybridized carbons (Fsp3) is 0.167. The number of benzene rings is 2. The molecule has 0 N–H and O–H groups in total. The molecule has 26 heavy (non-hydrogen) atoms. The normalized spacial score (nSPS) is 10.6. The van der Waals surface area contributed by atoms with E-state index in [-0.39, 0.29) is 19.1 Å². The molecule has 1 heterocycles. The molecular formula is C18H15BrClN3O3. The van der Waals surface area contributed by atoms with Gasteiger partial charge in [0.2, 0.25) is 11.7 Å². The number of nitrogens with zero attached hydrogens (tertiary/aromatic N) is 3. The summed E-state index contributed by atoms with van der Waals surface area (Å²) in [5, 5.41) is 4.52. The molecule has 0 aliphatic carbocycles. The number of aromatic nitrogens is 2. The van der Waals surface area contributed by atoms with Crippen LogP contribution in [-0.4, -0.2) is 34.6 Å². The lowest BCUT2D eigenvalue weighted by atomic mass is 10.2. The van der Waals surface area contributed by atoms with Gasteiger partial charge in [-0.25, -0.2) is 0 Å². The lowest BCUT2D eigenvalue weighted by Gasteiger charge is -2.15. The van der Waals surface area contributed by atoms with Gasteiger partial charge in [0.25, 0.3) is 5.91 Å². The highest BCUT2D eigenvalue weighted by molar-refractivity contribution is 9.10. The monoisotopic (exact) mass is 435 g/mol. The number of likely N-dealkylation sites (N-methyl/N-ethyl adjacent to an activating group) is 1. The van der Waals surface area contributed by atoms with Crippen molar-refractivity contribution in [3.63, 3.8) is 0 Å². The van der Waals surface area contributed by atoms with Gasteiger partial charge in [0, 0.05) is 17.6 Å². The second-order valence-electron chi connectivity index (χ2n) is 5.49. The zero-order valence-corrected chi connectivity index (χ0v) is 16.2. The Balaban J connectivity index is 1.57. The van der Waals surface area contributed by atoms with Crippen LogP contribution >= 0.6 is 27.5 Å². The van der Waals surface area contributed by atoms with E-state index in [2.05, 4.69) is 26.1 Å². The van der Waals surface area contributed by atoms with Crippen molar-refractivity contribution in [2.75, 3.05) is 13.7 Å². The maximum absolute atomic E-state index is 12.2. The minimum atomic E-state index is -0.216. The summed E-state index contributed by atoms with van der Waals surface area (Å²) >= 11 is 9.23. The van der Waals surface area contributed by atoms with Gasteiger partial charge in [-0.1, -0.05) is 47.1 Å². The van der Waals surface area contributed by atoms with E-state index in [1.165, 1.54) is 4.90 Å². The lowest BCUT2D eigenvalue weighted by molar-refractivity contribution is -0.132. The summed E-state index contributed by atoms with van der Waals surface area (Å²) in [6.45, 7) is 0.0836. The van der Waals surface area contributed by atoms with Crippen molar-refractivity contribution in [2.45, 2.75) is 6.54 Å². The molecule has 0 atom stereocenters. The molecule has 0 fully saturated rings. The molecule has 0 bridgehead atoms. The first-order valence-corrected chi connectivity index (χ1v) is 8.90. The Morgan fingerprint density at radius 3 is 2.77 bits per heavy atom. The Labute approximate surface area is 163 Å². The first kappa shape index (κ1) is 18.4. The van der Waals surface area contributed by atoms with Crippen molar-refractivity contribution in [3.05, 3.63) is 63.9 Å². The van der Waals surface area contributed by atoms with Gasteiger partial charge >= 0.3 is 0 Å². The van der Waals surface area contributed by atoms with Gasteiger partial charge in [-0.05, 0) is 34.1 Å². The predicted octanol–water partition coefficient (Wildman–Crippen LogP) is 4.19. The molecule has 3 rings (SSSR count). The molecule has 1 amide bonds. The highest BCUT2D eigenvalue weighted by Gasteiger charge is 2.15. The molecule has 8 heteroatoms. The van der Waals surface area contributed by atoms with Gasteiger partial charge in [-0.15, -0.1) is 0 Å². The molecule has 0 saturated heterocycles. The van der Waals surface area contributed by atoms with Crippen molar-refractivity contribution in [1.82, 2.24) is 15.0 Å². The standard InChI is InChI=1S/C18H15BrClN3O3/c1-23(17(24)11-25-15-8-7-13(20)9-14(15)19)10-16-21-18(22-26-16)12-5-3-2-4-6-12/h2-9H,10-11H2,1H3. The number of hydrogen-bond acceptors (Lipinski definition) is 5. The van der Waals surface area contributed by atoms with Crippen LogP contribution in [0.2, 0.25) is 5.02 Å². The summed E-state index contributed by atoms with van der Waals surface area (Å²) in [4.78, 5) is 18.0. The third-order valence-electron chi connectivity index (χ3n) is 3.54. The van der Waals surface area contributed by atoms with E-state index in [0.717, 1.165) is 5.56 Å². The summed E-state index contributed by atoms with van der Waals surface area (Å²) in [6, 6.07) is 14.6. The van der Waals surface area contributed by atoms with Crippen molar-refractivity contribution < 1.29 is 14.1 Å². The minimum Gasteiger partial charge on any atom is -0.483 e. The van der Waals surface area contributed by atoms with Crippen molar-refractivity contribution >= 4 is 33.4 Å². The lowest BCUT2D eigenvalue weighted by Crippen LogP contribution is -2.31. The summed E-state index contributed by atoms with van der Waals surface area (Å²) in [5.41, 5.74) is 0.854. The first-order chi connectivity index (χ1) is 12.5. The molecular weight excluding hydrogens is 422 g/mol. The molecule has 3 aromatic rings.